The number of hydrogen-bond donors (Lipinski definition) is 1. The molecule has 0 atom stereocenters. The van der Waals surface area contributed by atoms with Crippen LogP contribution in [0.4, 0.5) is 5.69 Å². The quantitative estimate of drug-likeness (QED) is 0.485. The van der Waals surface area contributed by atoms with Crippen LogP contribution >= 0.6 is 0 Å². The molecule has 6 heteroatoms. The third-order valence-corrected chi connectivity index (χ3v) is 5.32. The lowest BCUT2D eigenvalue weighted by atomic mass is 9.86. The van der Waals surface area contributed by atoms with Gasteiger partial charge in [-0.3, -0.25) is 9.59 Å². The van der Waals surface area contributed by atoms with Gasteiger partial charge in [0.2, 0.25) is 5.75 Å². The van der Waals surface area contributed by atoms with E-state index in [0.717, 1.165) is 5.56 Å². The molecule has 33 heavy (non-hydrogen) atoms. The Labute approximate surface area is 194 Å². The molecular formula is C27H29NO5. The average Bonchev–Trinajstić information content (AvgIpc) is 2.82. The molecule has 3 rings (SSSR count). The van der Waals surface area contributed by atoms with E-state index >= 15 is 0 Å². The second-order valence-electron chi connectivity index (χ2n) is 8.61. The lowest BCUT2D eigenvalue weighted by molar-refractivity contribution is 0.102. The minimum Gasteiger partial charge on any atom is -0.493 e. The highest BCUT2D eigenvalue weighted by Crippen LogP contribution is 2.38. The van der Waals surface area contributed by atoms with Crippen LogP contribution < -0.4 is 19.5 Å². The third-order valence-electron chi connectivity index (χ3n) is 5.32. The molecule has 0 saturated heterocycles. The number of benzene rings is 3. The third kappa shape index (κ3) is 5.34. The number of carbonyl (C=O) groups is 2. The SMILES string of the molecule is COc1cc(C(=O)Nc2cccc(C(=O)c3ccc(C(C)(C)C)cc3)c2)cc(OC)c1OC. The van der Waals surface area contributed by atoms with Gasteiger partial charge in [0.1, 0.15) is 0 Å². The van der Waals surface area contributed by atoms with Crippen molar-refractivity contribution in [2.24, 2.45) is 0 Å². The fourth-order valence-electron chi connectivity index (χ4n) is 3.44. The van der Waals surface area contributed by atoms with Crippen LogP contribution in [0.5, 0.6) is 17.2 Å². The van der Waals surface area contributed by atoms with E-state index in [4.69, 9.17) is 14.2 Å². The molecule has 0 aliphatic carbocycles. The molecule has 0 unspecified atom stereocenters. The van der Waals surface area contributed by atoms with Gasteiger partial charge in [-0.1, -0.05) is 57.2 Å². The summed E-state index contributed by atoms with van der Waals surface area (Å²) in [5.74, 6) is 0.684. The molecule has 0 fully saturated rings. The van der Waals surface area contributed by atoms with Crippen LogP contribution in [0.25, 0.3) is 0 Å². The van der Waals surface area contributed by atoms with Gasteiger partial charge in [0.15, 0.2) is 17.3 Å². The van der Waals surface area contributed by atoms with Crippen molar-refractivity contribution in [1.29, 1.82) is 0 Å². The van der Waals surface area contributed by atoms with E-state index < -0.39 is 0 Å². The van der Waals surface area contributed by atoms with Crippen molar-refractivity contribution in [2.75, 3.05) is 26.6 Å². The first-order chi connectivity index (χ1) is 15.7. The normalized spacial score (nSPS) is 11.0. The molecule has 0 saturated carbocycles. The molecular weight excluding hydrogens is 418 g/mol. The summed E-state index contributed by atoms with van der Waals surface area (Å²) in [7, 11) is 4.48. The number of carbonyl (C=O) groups excluding carboxylic acids is 2. The van der Waals surface area contributed by atoms with Crippen molar-refractivity contribution in [3.63, 3.8) is 0 Å². The molecule has 0 spiro atoms. The summed E-state index contributed by atoms with van der Waals surface area (Å²) in [4.78, 5) is 25.9. The molecule has 0 heterocycles. The van der Waals surface area contributed by atoms with Crippen LogP contribution in [0, 0.1) is 0 Å². The molecule has 3 aromatic carbocycles. The van der Waals surface area contributed by atoms with Gasteiger partial charge >= 0.3 is 0 Å². The zero-order valence-electron chi connectivity index (χ0n) is 19.8. The van der Waals surface area contributed by atoms with Crippen molar-refractivity contribution in [3.05, 3.63) is 82.9 Å². The zero-order chi connectivity index (χ0) is 24.2. The molecule has 0 aromatic heterocycles. The lowest BCUT2D eigenvalue weighted by Gasteiger charge is -2.19. The molecule has 0 radical (unpaired) electrons. The minimum absolute atomic E-state index is 0.0125. The number of anilines is 1. The van der Waals surface area contributed by atoms with Gasteiger partial charge < -0.3 is 19.5 Å². The van der Waals surface area contributed by atoms with Crippen LogP contribution in [-0.2, 0) is 5.41 Å². The topological polar surface area (TPSA) is 73.9 Å². The first kappa shape index (κ1) is 23.9. The summed E-state index contributed by atoms with van der Waals surface area (Å²) in [5.41, 5.74) is 3.09. The van der Waals surface area contributed by atoms with E-state index in [9.17, 15) is 9.59 Å². The Balaban J connectivity index is 1.83. The molecule has 172 valence electrons. The number of ether oxygens (including phenoxy) is 3. The summed E-state index contributed by atoms with van der Waals surface area (Å²) in [6.45, 7) is 6.39. The van der Waals surface area contributed by atoms with Gasteiger partial charge in [0.05, 0.1) is 21.3 Å². The fourth-order valence-corrected chi connectivity index (χ4v) is 3.44. The Morgan fingerprint density at radius 1 is 0.727 bits per heavy atom. The van der Waals surface area contributed by atoms with Crippen LogP contribution in [0.15, 0.2) is 60.7 Å². The van der Waals surface area contributed by atoms with Crippen LogP contribution in [0.2, 0.25) is 0 Å². The zero-order valence-corrected chi connectivity index (χ0v) is 19.8. The van der Waals surface area contributed by atoms with E-state index in [0.29, 0.717) is 39.6 Å². The highest BCUT2D eigenvalue weighted by atomic mass is 16.5. The number of amides is 1. The van der Waals surface area contributed by atoms with E-state index in [1.165, 1.54) is 21.3 Å². The van der Waals surface area contributed by atoms with Crippen molar-refractivity contribution >= 4 is 17.4 Å². The Hall–Kier alpha value is -3.80. The van der Waals surface area contributed by atoms with Gasteiger partial charge in [-0.05, 0) is 35.2 Å². The van der Waals surface area contributed by atoms with Gasteiger partial charge in [-0.2, -0.15) is 0 Å². The number of ketones is 1. The maximum atomic E-state index is 13.0. The van der Waals surface area contributed by atoms with Gasteiger partial charge in [-0.15, -0.1) is 0 Å². The van der Waals surface area contributed by atoms with Crippen molar-refractivity contribution in [1.82, 2.24) is 0 Å². The standard InChI is InChI=1S/C27H29NO5/c1-27(2,3)20-12-10-17(11-13-20)24(29)18-8-7-9-21(14-18)28-26(30)19-15-22(31-4)25(33-6)23(16-19)32-5/h7-16H,1-6H3,(H,28,30). The van der Waals surface area contributed by atoms with Crippen LogP contribution in [0.1, 0.15) is 52.6 Å². The highest BCUT2D eigenvalue weighted by Gasteiger charge is 2.18. The monoisotopic (exact) mass is 447 g/mol. The summed E-state index contributed by atoms with van der Waals surface area (Å²) in [5, 5.41) is 2.83. The summed E-state index contributed by atoms with van der Waals surface area (Å²) in [6, 6.07) is 17.6. The van der Waals surface area contributed by atoms with E-state index in [1.54, 1.807) is 36.4 Å². The van der Waals surface area contributed by atoms with Gasteiger partial charge in [0, 0.05) is 22.4 Å². The Morgan fingerprint density at radius 2 is 1.33 bits per heavy atom. The Kier molecular flexibility index (Phi) is 7.07. The Bertz CT molecular complexity index is 1130. The van der Waals surface area contributed by atoms with E-state index in [-0.39, 0.29) is 17.1 Å². The first-order valence-electron chi connectivity index (χ1n) is 10.5. The predicted octanol–water partition coefficient (Wildman–Crippen LogP) is 5.49. The van der Waals surface area contributed by atoms with Crippen LogP contribution in [0.3, 0.4) is 0 Å². The second-order valence-corrected chi connectivity index (χ2v) is 8.61. The maximum absolute atomic E-state index is 13.0. The van der Waals surface area contributed by atoms with Gasteiger partial charge in [0.25, 0.3) is 5.91 Å². The first-order valence-corrected chi connectivity index (χ1v) is 10.5. The smallest absolute Gasteiger partial charge is 0.255 e. The summed E-state index contributed by atoms with van der Waals surface area (Å²) in [6.07, 6.45) is 0. The molecule has 0 aliphatic rings. The predicted molar refractivity (Wildman–Crippen MR) is 129 cm³/mol. The number of methoxy groups -OCH3 is 3. The fraction of sp³-hybridized carbons (Fsp3) is 0.259. The average molecular weight is 448 g/mol. The molecule has 1 amide bonds. The molecule has 3 aromatic rings. The van der Waals surface area contributed by atoms with Crippen LogP contribution in [-0.4, -0.2) is 33.0 Å². The van der Waals surface area contributed by atoms with Crippen molar-refractivity contribution in [3.8, 4) is 17.2 Å². The second kappa shape index (κ2) is 9.77. The van der Waals surface area contributed by atoms with Gasteiger partial charge in [-0.25, -0.2) is 0 Å². The molecule has 6 nitrogen and oxygen atoms in total. The van der Waals surface area contributed by atoms with E-state index in [1.807, 2.05) is 24.3 Å². The summed E-state index contributed by atoms with van der Waals surface area (Å²) < 4.78 is 15.9. The maximum Gasteiger partial charge on any atom is 0.255 e. The highest BCUT2D eigenvalue weighted by molar-refractivity contribution is 6.10. The molecule has 0 bridgehead atoms. The lowest BCUT2D eigenvalue weighted by Crippen LogP contribution is -2.13. The van der Waals surface area contributed by atoms with Crippen molar-refractivity contribution in [2.45, 2.75) is 26.2 Å². The molecule has 0 aliphatic heterocycles. The minimum atomic E-state index is -0.367. The summed E-state index contributed by atoms with van der Waals surface area (Å²) >= 11 is 0. The Morgan fingerprint density at radius 3 is 1.85 bits per heavy atom. The molecule has 1 N–H and O–H groups in total. The van der Waals surface area contributed by atoms with Crippen molar-refractivity contribution < 1.29 is 23.8 Å². The number of rotatable bonds is 7. The number of hydrogen-bond acceptors (Lipinski definition) is 5. The van der Waals surface area contributed by atoms with E-state index in [2.05, 4.69) is 26.1 Å². The number of nitrogens with one attached hydrogen (secondary N) is 1. The largest absolute Gasteiger partial charge is 0.493 e.